The molecular formula is C15H20N2O3. The van der Waals surface area contributed by atoms with Crippen molar-refractivity contribution < 1.29 is 14.3 Å². The van der Waals surface area contributed by atoms with E-state index in [-0.39, 0.29) is 11.8 Å². The van der Waals surface area contributed by atoms with Crippen molar-refractivity contribution in [2.24, 2.45) is 5.92 Å². The smallest absolute Gasteiger partial charge is 0.227 e. The molecule has 2 heterocycles. The van der Waals surface area contributed by atoms with Gasteiger partial charge in [0.25, 0.3) is 0 Å². The Bertz CT molecular complexity index is 510. The highest BCUT2D eigenvalue weighted by Gasteiger charge is 2.22. The molecule has 0 bridgehead atoms. The summed E-state index contributed by atoms with van der Waals surface area (Å²) in [5, 5.41) is 6.30. The molecule has 3 rings (SSSR count). The maximum absolute atomic E-state index is 12.3. The number of rotatable bonds is 2. The quantitative estimate of drug-likeness (QED) is 0.863. The predicted octanol–water partition coefficient (Wildman–Crippen LogP) is 1.70. The standard InChI is InChI=1S/C15H20N2O3/c1-10-8-13-14(20-7-6-19-13)9-12(10)17-15(18)11-2-4-16-5-3-11/h8-9,11,16H,2-7H2,1H3,(H,17,18). The Morgan fingerprint density at radius 1 is 1.20 bits per heavy atom. The third-order valence-corrected chi connectivity index (χ3v) is 3.86. The van der Waals surface area contributed by atoms with Gasteiger partial charge in [0.15, 0.2) is 11.5 Å². The van der Waals surface area contributed by atoms with Crippen LogP contribution in [-0.4, -0.2) is 32.2 Å². The number of ether oxygens (including phenoxy) is 2. The summed E-state index contributed by atoms with van der Waals surface area (Å²) >= 11 is 0. The third kappa shape index (κ3) is 2.72. The van der Waals surface area contributed by atoms with Crippen LogP contribution in [-0.2, 0) is 4.79 Å². The Balaban J connectivity index is 1.74. The van der Waals surface area contributed by atoms with E-state index in [4.69, 9.17) is 9.47 Å². The lowest BCUT2D eigenvalue weighted by Gasteiger charge is -2.23. The van der Waals surface area contributed by atoms with Gasteiger partial charge in [0.2, 0.25) is 5.91 Å². The molecule has 0 atom stereocenters. The van der Waals surface area contributed by atoms with Crippen molar-refractivity contribution in [3.63, 3.8) is 0 Å². The lowest BCUT2D eigenvalue weighted by molar-refractivity contribution is -0.120. The minimum Gasteiger partial charge on any atom is -0.486 e. The second-order valence-corrected chi connectivity index (χ2v) is 5.32. The lowest BCUT2D eigenvalue weighted by atomic mass is 9.97. The number of hydrogen-bond donors (Lipinski definition) is 2. The van der Waals surface area contributed by atoms with E-state index in [2.05, 4.69) is 10.6 Å². The molecule has 1 aromatic rings. The van der Waals surface area contributed by atoms with Gasteiger partial charge in [0.1, 0.15) is 13.2 Å². The van der Waals surface area contributed by atoms with E-state index in [1.807, 2.05) is 19.1 Å². The number of piperidine rings is 1. The van der Waals surface area contributed by atoms with Crippen LogP contribution in [0.2, 0.25) is 0 Å². The van der Waals surface area contributed by atoms with Crippen LogP contribution in [0.1, 0.15) is 18.4 Å². The minimum atomic E-state index is 0.101. The number of aryl methyl sites for hydroxylation is 1. The summed E-state index contributed by atoms with van der Waals surface area (Å²) in [5.41, 5.74) is 1.81. The molecule has 2 aliphatic heterocycles. The molecule has 5 heteroatoms. The molecular weight excluding hydrogens is 256 g/mol. The number of carbonyl (C=O) groups is 1. The lowest BCUT2D eigenvalue weighted by Crippen LogP contribution is -2.34. The first kappa shape index (κ1) is 13.2. The van der Waals surface area contributed by atoms with Gasteiger partial charge in [-0.3, -0.25) is 4.79 Å². The number of carbonyl (C=O) groups excluding carboxylic acids is 1. The molecule has 1 saturated heterocycles. The third-order valence-electron chi connectivity index (χ3n) is 3.86. The van der Waals surface area contributed by atoms with Crippen molar-refractivity contribution in [1.29, 1.82) is 0 Å². The summed E-state index contributed by atoms with van der Waals surface area (Å²) in [5.74, 6) is 1.67. The number of benzene rings is 1. The molecule has 108 valence electrons. The van der Waals surface area contributed by atoms with Gasteiger partial charge < -0.3 is 20.1 Å². The first-order valence-corrected chi connectivity index (χ1v) is 7.16. The summed E-state index contributed by atoms with van der Waals surface area (Å²) in [6.07, 6.45) is 1.80. The van der Waals surface area contributed by atoms with Crippen LogP contribution in [0.5, 0.6) is 11.5 Å². The van der Waals surface area contributed by atoms with Crippen molar-refractivity contribution >= 4 is 11.6 Å². The van der Waals surface area contributed by atoms with Crippen molar-refractivity contribution in [3.05, 3.63) is 17.7 Å². The van der Waals surface area contributed by atoms with Gasteiger partial charge in [-0.1, -0.05) is 0 Å². The van der Waals surface area contributed by atoms with E-state index in [0.29, 0.717) is 19.0 Å². The van der Waals surface area contributed by atoms with Crippen LogP contribution < -0.4 is 20.1 Å². The Morgan fingerprint density at radius 3 is 2.55 bits per heavy atom. The molecule has 20 heavy (non-hydrogen) atoms. The molecule has 0 spiro atoms. The Hall–Kier alpha value is -1.75. The fraction of sp³-hybridized carbons (Fsp3) is 0.533. The zero-order valence-corrected chi connectivity index (χ0v) is 11.7. The maximum atomic E-state index is 12.3. The van der Waals surface area contributed by atoms with Gasteiger partial charge in [-0.2, -0.15) is 0 Å². The van der Waals surface area contributed by atoms with Crippen LogP contribution in [0.3, 0.4) is 0 Å². The molecule has 0 aliphatic carbocycles. The summed E-state index contributed by atoms with van der Waals surface area (Å²) < 4.78 is 11.1. The molecule has 5 nitrogen and oxygen atoms in total. The van der Waals surface area contributed by atoms with Crippen molar-refractivity contribution in [1.82, 2.24) is 5.32 Å². The number of amides is 1. The highest BCUT2D eigenvalue weighted by Crippen LogP contribution is 2.35. The summed E-state index contributed by atoms with van der Waals surface area (Å²) in [7, 11) is 0. The fourth-order valence-corrected chi connectivity index (χ4v) is 2.64. The van der Waals surface area contributed by atoms with Gasteiger partial charge in [0.05, 0.1) is 0 Å². The SMILES string of the molecule is Cc1cc2c(cc1NC(=O)C1CCNCC1)OCCO2. The number of anilines is 1. The summed E-state index contributed by atoms with van der Waals surface area (Å²) in [6, 6.07) is 3.79. The Labute approximate surface area is 118 Å². The van der Waals surface area contributed by atoms with Crippen molar-refractivity contribution in [3.8, 4) is 11.5 Å². The summed E-state index contributed by atoms with van der Waals surface area (Å²) in [6.45, 7) is 4.93. The molecule has 2 aliphatic rings. The van der Waals surface area contributed by atoms with Gasteiger partial charge in [-0.05, 0) is 44.5 Å². The zero-order valence-electron chi connectivity index (χ0n) is 11.7. The molecule has 0 aromatic heterocycles. The van der Waals surface area contributed by atoms with Crippen molar-refractivity contribution in [2.45, 2.75) is 19.8 Å². The topological polar surface area (TPSA) is 59.6 Å². The molecule has 0 saturated carbocycles. The van der Waals surface area contributed by atoms with Gasteiger partial charge in [0, 0.05) is 17.7 Å². The Kier molecular flexibility index (Phi) is 3.78. The fourth-order valence-electron chi connectivity index (χ4n) is 2.64. The van der Waals surface area contributed by atoms with E-state index >= 15 is 0 Å². The average molecular weight is 276 g/mol. The summed E-state index contributed by atoms with van der Waals surface area (Å²) in [4.78, 5) is 12.3. The monoisotopic (exact) mass is 276 g/mol. The Morgan fingerprint density at radius 2 is 1.85 bits per heavy atom. The van der Waals surface area contributed by atoms with E-state index in [1.165, 1.54) is 0 Å². The van der Waals surface area contributed by atoms with Crippen LogP contribution in [0.25, 0.3) is 0 Å². The minimum absolute atomic E-state index is 0.101. The first-order chi connectivity index (χ1) is 9.74. The number of nitrogens with one attached hydrogen (secondary N) is 2. The molecule has 1 amide bonds. The van der Waals surface area contributed by atoms with Crippen LogP contribution in [0.15, 0.2) is 12.1 Å². The molecule has 1 aromatic carbocycles. The van der Waals surface area contributed by atoms with Gasteiger partial charge in [-0.25, -0.2) is 0 Å². The maximum Gasteiger partial charge on any atom is 0.227 e. The van der Waals surface area contributed by atoms with Crippen LogP contribution in [0, 0.1) is 12.8 Å². The largest absolute Gasteiger partial charge is 0.486 e. The van der Waals surface area contributed by atoms with Crippen molar-refractivity contribution in [2.75, 3.05) is 31.6 Å². The average Bonchev–Trinajstić information content (AvgIpc) is 2.49. The van der Waals surface area contributed by atoms with Crippen LogP contribution in [0.4, 0.5) is 5.69 Å². The molecule has 0 unspecified atom stereocenters. The highest BCUT2D eigenvalue weighted by molar-refractivity contribution is 5.93. The molecule has 2 N–H and O–H groups in total. The van der Waals surface area contributed by atoms with Gasteiger partial charge >= 0.3 is 0 Å². The highest BCUT2D eigenvalue weighted by atomic mass is 16.6. The normalized spacial score (nSPS) is 18.6. The van der Waals surface area contributed by atoms with E-state index in [9.17, 15) is 4.79 Å². The second kappa shape index (κ2) is 5.71. The van der Waals surface area contributed by atoms with E-state index < -0.39 is 0 Å². The van der Waals surface area contributed by atoms with E-state index in [0.717, 1.165) is 42.9 Å². The molecule has 1 fully saturated rings. The first-order valence-electron chi connectivity index (χ1n) is 7.16. The van der Waals surface area contributed by atoms with Crippen LogP contribution >= 0.6 is 0 Å². The zero-order chi connectivity index (χ0) is 13.9. The number of fused-ring (bicyclic) bond motifs is 1. The van der Waals surface area contributed by atoms with Gasteiger partial charge in [-0.15, -0.1) is 0 Å². The molecule has 0 radical (unpaired) electrons. The second-order valence-electron chi connectivity index (χ2n) is 5.32. The number of hydrogen-bond acceptors (Lipinski definition) is 4. The van der Waals surface area contributed by atoms with E-state index in [1.54, 1.807) is 0 Å². The predicted molar refractivity (Wildman–Crippen MR) is 76.4 cm³/mol.